The lowest BCUT2D eigenvalue weighted by atomic mass is 9.79. The van der Waals surface area contributed by atoms with Gasteiger partial charge in [-0.2, -0.15) is 35.1 Å². The zero-order valence-corrected chi connectivity index (χ0v) is 49.0. The molecule has 3 aliphatic rings. The monoisotopic (exact) mass is 1120 g/mol. The molecule has 0 spiro atoms. The summed E-state index contributed by atoms with van der Waals surface area (Å²) in [6, 6.07) is 20.3. The van der Waals surface area contributed by atoms with Crippen LogP contribution in [0.3, 0.4) is 0 Å². The summed E-state index contributed by atoms with van der Waals surface area (Å²) >= 11 is 0. The van der Waals surface area contributed by atoms with Gasteiger partial charge in [0.15, 0.2) is 5.71 Å². The summed E-state index contributed by atoms with van der Waals surface area (Å²) in [6.07, 6.45) is 16.0. The fraction of sp³-hybridized carbons (Fsp3) is 0.509. The van der Waals surface area contributed by atoms with Crippen LogP contribution in [0.15, 0.2) is 112 Å². The fourth-order valence-electron chi connectivity index (χ4n) is 10.8. The molecule has 76 heavy (non-hydrogen) atoms. The summed E-state index contributed by atoms with van der Waals surface area (Å²) in [5, 5.41) is 9.34. The Morgan fingerprint density at radius 1 is 0.803 bits per heavy atom. The highest BCUT2D eigenvalue weighted by molar-refractivity contribution is 7.86. The van der Waals surface area contributed by atoms with E-state index in [2.05, 4.69) is 105 Å². The SMILES string of the molecule is CCCCN1C(=CC=C2CCCC(C=CC3=[N+](CCCCS(=O)(=O)O)c4ccc(S(=O)(=O)O)cc4C3(C)C)=C2c2cccc(OCCCCOP(CCC#N)N(C(C)C)C(C)C)c2)C(C)(C)c2cc(S(=O)(=O)O)ccc21. The standard InChI is InChI=1S/C57H77N4O11PS3/c1-10-11-32-59-51-27-25-47(75(65,66)67)39-49(51)56(6,7)53(59)29-23-43-19-16-20-44(24-30-54-57(8,9)50-40-48(76(68,69)70)26-28-52(50)60(54)33-12-15-37-74(62,63)64)55(43)45-21-17-22-46(38-45)71-34-13-14-35-72-73(36-18-31-58)61(41(2)3)42(4)5/h17,21-30,38-42H,10-16,18-20,32-37H2,1-9H3,(H2-,62,63,64,65,66,67,68,69,70)/p+1. The molecular formula is C57H78N4O11PS3+. The molecule has 19 heteroatoms. The number of nitriles is 1. The van der Waals surface area contributed by atoms with Gasteiger partial charge in [0.25, 0.3) is 30.4 Å². The molecule has 0 saturated heterocycles. The van der Waals surface area contributed by atoms with Gasteiger partial charge in [-0.3, -0.25) is 18.3 Å². The van der Waals surface area contributed by atoms with Gasteiger partial charge in [0.1, 0.15) is 20.6 Å². The minimum atomic E-state index is -4.52. The van der Waals surface area contributed by atoms with Crippen LogP contribution in [0.25, 0.3) is 5.57 Å². The van der Waals surface area contributed by atoms with Gasteiger partial charge in [-0.05, 0) is 163 Å². The van der Waals surface area contributed by atoms with Gasteiger partial charge in [0, 0.05) is 72.1 Å². The number of ether oxygens (including phenoxy) is 1. The Morgan fingerprint density at radius 3 is 2.12 bits per heavy atom. The summed E-state index contributed by atoms with van der Waals surface area (Å²) in [5.41, 5.74) is 7.67. The van der Waals surface area contributed by atoms with Crippen molar-refractivity contribution in [2.75, 3.05) is 43.1 Å². The largest absolute Gasteiger partial charge is 0.494 e. The fourth-order valence-corrected chi connectivity index (χ4v) is 14.5. The summed E-state index contributed by atoms with van der Waals surface area (Å²) in [4.78, 5) is 1.87. The van der Waals surface area contributed by atoms with Crippen molar-refractivity contribution in [3.8, 4) is 11.8 Å². The van der Waals surface area contributed by atoms with Crippen LogP contribution in [0.1, 0.15) is 143 Å². The third-order valence-corrected chi connectivity index (χ3v) is 19.4. The molecule has 3 aromatic carbocycles. The molecule has 1 aliphatic carbocycles. The van der Waals surface area contributed by atoms with Gasteiger partial charge in [0.05, 0.1) is 40.2 Å². The number of fused-ring (bicyclic) bond motifs is 2. The van der Waals surface area contributed by atoms with Crippen molar-refractivity contribution < 1.29 is 52.7 Å². The normalized spacial score (nSPS) is 18.2. The van der Waals surface area contributed by atoms with E-state index in [1.807, 2.05) is 26.0 Å². The van der Waals surface area contributed by atoms with Crippen molar-refractivity contribution in [3.05, 3.63) is 119 Å². The third-order valence-electron chi connectivity index (χ3n) is 14.4. The highest BCUT2D eigenvalue weighted by atomic mass is 32.2. The van der Waals surface area contributed by atoms with Crippen molar-refractivity contribution in [1.29, 1.82) is 5.26 Å². The van der Waals surface area contributed by atoms with Crippen molar-refractivity contribution in [2.24, 2.45) is 0 Å². The maximum atomic E-state index is 12.4. The number of hydrogen-bond donors (Lipinski definition) is 3. The zero-order valence-electron chi connectivity index (χ0n) is 45.6. The molecule has 0 fully saturated rings. The Hall–Kier alpha value is -4.54. The van der Waals surface area contributed by atoms with Crippen LogP contribution in [0.2, 0.25) is 0 Å². The molecular weight excluding hydrogens is 1040 g/mol. The number of hydrogen-bond acceptors (Lipinski definition) is 11. The van der Waals surface area contributed by atoms with Crippen LogP contribution >= 0.6 is 8.30 Å². The second-order valence-electron chi connectivity index (χ2n) is 21.4. The topological polar surface area (TPSA) is 215 Å². The van der Waals surface area contributed by atoms with E-state index < -0.39 is 55.2 Å². The Bertz CT molecular complexity index is 3140. The lowest BCUT2D eigenvalue weighted by Gasteiger charge is -2.37. The molecule has 6 rings (SSSR count). The van der Waals surface area contributed by atoms with Crippen molar-refractivity contribution in [3.63, 3.8) is 0 Å². The Balaban J connectivity index is 1.41. The van der Waals surface area contributed by atoms with Gasteiger partial charge < -0.3 is 14.2 Å². The van der Waals surface area contributed by atoms with E-state index in [0.29, 0.717) is 68.7 Å². The molecule has 0 saturated carbocycles. The second-order valence-corrected chi connectivity index (χ2v) is 27.7. The van der Waals surface area contributed by atoms with E-state index in [4.69, 9.17) is 9.26 Å². The Labute approximate surface area is 454 Å². The van der Waals surface area contributed by atoms with Crippen LogP contribution in [0.5, 0.6) is 5.75 Å². The van der Waals surface area contributed by atoms with Crippen LogP contribution < -0.4 is 9.64 Å². The number of anilines is 1. The number of allylic oxidation sites excluding steroid dienone is 8. The van der Waals surface area contributed by atoms with Crippen molar-refractivity contribution >= 4 is 61.3 Å². The lowest BCUT2D eigenvalue weighted by Crippen LogP contribution is -2.33. The minimum Gasteiger partial charge on any atom is -0.494 e. The maximum absolute atomic E-state index is 12.4. The smallest absolute Gasteiger partial charge is 0.294 e. The molecule has 1 atom stereocenters. The van der Waals surface area contributed by atoms with E-state index >= 15 is 0 Å². The third kappa shape index (κ3) is 14.8. The summed E-state index contributed by atoms with van der Waals surface area (Å²) < 4.78 is 120. The Morgan fingerprint density at radius 2 is 1.47 bits per heavy atom. The van der Waals surface area contributed by atoms with Gasteiger partial charge in [-0.25, -0.2) is 0 Å². The minimum absolute atomic E-state index is 0.151. The van der Waals surface area contributed by atoms with Crippen LogP contribution in [0, 0.1) is 11.3 Å². The highest BCUT2D eigenvalue weighted by Crippen LogP contribution is 2.50. The van der Waals surface area contributed by atoms with Gasteiger partial charge in [0.2, 0.25) is 5.69 Å². The first-order valence-corrected chi connectivity index (χ1v) is 32.3. The van der Waals surface area contributed by atoms with Gasteiger partial charge in [-0.1, -0.05) is 51.5 Å². The highest BCUT2D eigenvalue weighted by Gasteiger charge is 2.45. The summed E-state index contributed by atoms with van der Waals surface area (Å²) in [5.74, 6) is 0.314. The van der Waals surface area contributed by atoms with Crippen molar-refractivity contribution in [1.82, 2.24) is 4.67 Å². The molecule has 15 nitrogen and oxygen atoms in total. The number of unbranched alkanes of at least 4 members (excludes halogenated alkanes) is 3. The average Bonchev–Trinajstić information content (AvgIpc) is 3.69. The molecule has 3 N–H and O–H groups in total. The van der Waals surface area contributed by atoms with Crippen molar-refractivity contribution in [2.45, 2.75) is 159 Å². The van der Waals surface area contributed by atoms with Crippen LogP contribution in [0.4, 0.5) is 11.4 Å². The number of benzene rings is 3. The van der Waals surface area contributed by atoms with E-state index in [9.17, 15) is 44.2 Å². The first kappa shape index (κ1) is 60.7. The lowest BCUT2D eigenvalue weighted by molar-refractivity contribution is -0.438. The molecule has 0 amide bonds. The van der Waals surface area contributed by atoms with Crippen LogP contribution in [-0.2, 0) is 45.7 Å². The Kier molecular flexibility index (Phi) is 20.4. The van der Waals surface area contributed by atoms with Gasteiger partial charge in [-0.15, -0.1) is 0 Å². The first-order chi connectivity index (χ1) is 35.7. The quantitative estimate of drug-likeness (QED) is 0.0295. The number of rotatable bonds is 26. The average molecular weight is 1120 g/mol. The predicted octanol–water partition coefficient (Wildman–Crippen LogP) is 12.3. The van der Waals surface area contributed by atoms with E-state index in [0.717, 1.165) is 95.6 Å². The van der Waals surface area contributed by atoms with Gasteiger partial charge >= 0.3 is 0 Å². The second kappa shape index (κ2) is 25.5. The first-order valence-electron chi connectivity index (χ1n) is 26.4. The van der Waals surface area contributed by atoms with E-state index in [1.54, 1.807) is 18.2 Å². The molecule has 3 aromatic rings. The molecule has 0 aromatic heterocycles. The van der Waals surface area contributed by atoms with Crippen LogP contribution in [-0.4, -0.2) is 104 Å². The summed E-state index contributed by atoms with van der Waals surface area (Å²) in [6.45, 7) is 21.0. The van der Waals surface area contributed by atoms with E-state index in [-0.39, 0.29) is 16.2 Å². The molecule has 1 unspecified atom stereocenters. The van der Waals surface area contributed by atoms with E-state index in [1.165, 1.54) is 18.2 Å². The maximum Gasteiger partial charge on any atom is 0.294 e. The molecule has 414 valence electrons. The predicted molar refractivity (Wildman–Crippen MR) is 304 cm³/mol. The molecule has 0 radical (unpaired) electrons. The molecule has 2 aliphatic heterocycles. The summed E-state index contributed by atoms with van der Waals surface area (Å²) in [7, 11) is -14.1. The molecule has 2 heterocycles. The molecule has 0 bridgehead atoms. The number of nitrogens with zero attached hydrogens (tertiary/aromatic N) is 4. The zero-order chi connectivity index (χ0) is 55.8.